The quantitative estimate of drug-likeness (QED) is 0.500. The number of ether oxygens (including phenoxy) is 3. The van der Waals surface area contributed by atoms with Crippen LogP contribution < -0.4 is 5.73 Å². The van der Waals surface area contributed by atoms with Crippen molar-refractivity contribution in [3.05, 3.63) is 76.1 Å². The van der Waals surface area contributed by atoms with E-state index in [1.54, 1.807) is 0 Å². The fraction of sp³-hybridized carbons (Fsp3) is 0.391. The summed E-state index contributed by atoms with van der Waals surface area (Å²) in [6.07, 6.45) is -9.88. The van der Waals surface area contributed by atoms with Crippen LogP contribution in [0.5, 0.6) is 0 Å². The molecule has 2 saturated heterocycles. The Bertz CT molecular complexity index is 1260. The topological polar surface area (TPSA) is 105 Å². The van der Waals surface area contributed by atoms with E-state index in [1.165, 1.54) is 6.92 Å². The van der Waals surface area contributed by atoms with Crippen LogP contribution in [-0.4, -0.2) is 50.8 Å². The molecule has 3 heterocycles. The number of aryl methyl sites for hydroxylation is 1. The molecule has 5 rings (SSSR count). The Hall–Kier alpha value is -2.61. The number of benzene rings is 2. The Labute approximate surface area is 207 Å². The summed E-state index contributed by atoms with van der Waals surface area (Å²) in [4.78, 5) is 4.20. The predicted molar refractivity (Wildman–Crippen MR) is 118 cm³/mol. The monoisotopic (exact) mass is 528 g/mol. The van der Waals surface area contributed by atoms with Crippen molar-refractivity contribution in [2.75, 3.05) is 6.61 Å². The van der Waals surface area contributed by atoms with Crippen molar-refractivity contribution in [2.45, 2.75) is 49.8 Å². The first-order valence-corrected chi connectivity index (χ1v) is 11.3. The fourth-order valence-corrected chi connectivity index (χ4v) is 4.55. The molecule has 0 radical (unpaired) electrons. The van der Waals surface area contributed by atoms with E-state index < -0.39 is 65.0 Å². The maximum absolute atomic E-state index is 13.9. The van der Waals surface area contributed by atoms with Gasteiger partial charge in [-0.3, -0.25) is 0 Å². The summed E-state index contributed by atoms with van der Waals surface area (Å²) in [5.74, 6) is -1.31. The number of aromatic nitrogens is 3. The maximum Gasteiger partial charge on any atom is 0.418 e. The van der Waals surface area contributed by atoms with E-state index >= 15 is 0 Å². The molecular weight excluding hydrogens is 508 g/mol. The summed E-state index contributed by atoms with van der Waals surface area (Å²) in [5, 5.41) is 14.5. The molecule has 0 aliphatic carbocycles. The molecule has 6 unspecified atom stereocenters. The van der Waals surface area contributed by atoms with Gasteiger partial charge in [-0.2, -0.15) is 18.3 Å². The highest BCUT2D eigenvalue weighted by Gasteiger charge is 2.50. The summed E-state index contributed by atoms with van der Waals surface area (Å²) in [5.41, 5.74) is 5.18. The molecule has 0 bridgehead atoms. The van der Waals surface area contributed by atoms with E-state index in [9.17, 15) is 22.7 Å². The Kier molecular flexibility index (Phi) is 6.52. The first kappa shape index (κ1) is 25.1. The number of rotatable bonds is 3. The van der Waals surface area contributed by atoms with Gasteiger partial charge in [0, 0.05) is 5.56 Å². The van der Waals surface area contributed by atoms with Gasteiger partial charge < -0.3 is 25.1 Å². The number of aliphatic hydroxyl groups excluding tert-OH is 1. The number of hydrogen-bond donors (Lipinski definition) is 2. The van der Waals surface area contributed by atoms with E-state index in [2.05, 4.69) is 10.1 Å². The van der Waals surface area contributed by atoms with Crippen molar-refractivity contribution in [1.29, 1.82) is 0 Å². The number of hydrogen-bond acceptors (Lipinski definition) is 7. The third-order valence-electron chi connectivity index (χ3n) is 6.10. The lowest BCUT2D eigenvalue weighted by Gasteiger charge is -2.46. The number of aliphatic hydroxyl groups is 1. The van der Waals surface area contributed by atoms with E-state index in [0.717, 1.165) is 16.3 Å². The van der Waals surface area contributed by atoms with Crippen LogP contribution in [0, 0.1) is 12.7 Å². The van der Waals surface area contributed by atoms with Gasteiger partial charge >= 0.3 is 6.18 Å². The molecule has 36 heavy (non-hydrogen) atoms. The molecule has 6 atom stereocenters. The van der Waals surface area contributed by atoms with E-state index in [-0.39, 0.29) is 24.3 Å². The highest BCUT2D eigenvalue weighted by Crippen LogP contribution is 2.41. The van der Waals surface area contributed by atoms with E-state index in [1.807, 2.05) is 30.3 Å². The summed E-state index contributed by atoms with van der Waals surface area (Å²) in [7, 11) is 0. The van der Waals surface area contributed by atoms with Gasteiger partial charge in [0.15, 0.2) is 12.1 Å². The summed E-state index contributed by atoms with van der Waals surface area (Å²) in [6, 6.07) is 9.21. The van der Waals surface area contributed by atoms with Crippen molar-refractivity contribution < 1.29 is 36.9 Å². The molecule has 0 spiro atoms. The molecule has 192 valence electrons. The van der Waals surface area contributed by atoms with Crippen LogP contribution in [0.15, 0.2) is 42.5 Å². The van der Waals surface area contributed by atoms with Crippen molar-refractivity contribution in [3.63, 3.8) is 0 Å². The Morgan fingerprint density at radius 1 is 1.17 bits per heavy atom. The molecule has 1 aromatic heterocycles. The lowest BCUT2D eigenvalue weighted by molar-refractivity contribution is -0.309. The second-order valence-electron chi connectivity index (χ2n) is 8.55. The second kappa shape index (κ2) is 9.36. The standard InChI is InChI=1S/C23H21ClF4N4O4/c1-10-30-21(32(31-10)15-8-13(24)14(25)7-12(15)23(26,27)28)20-18(33)17(29)19-16(35-20)9-34-22(36-19)11-5-3-2-4-6-11/h2-8,16-20,22,33H,9,29H2,1H3. The molecule has 0 saturated carbocycles. The van der Waals surface area contributed by atoms with Gasteiger partial charge in [-0.05, 0) is 19.1 Å². The third kappa shape index (κ3) is 4.49. The molecule has 3 N–H and O–H groups in total. The molecule has 2 aliphatic heterocycles. The van der Waals surface area contributed by atoms with Crippen LogP contribution in [0.3, 0.4) is 0 Å². The minimum Gasteiger partial charge on any atom is -0.388 e. The molecule has 2 aliphatic rings. The molecule has 3 aromatic rings. The van der Waals surface area contributed by atoms with Gasteiger partial charge in [0.05, 0.1) is 28.9 Å². The smallest absolute Gasteiger partial charge is 0.388 e. The number of halogens is 5. The van der Waals surface area contributed by atoms with Gasteiger partial charge in [-0.15, -0.1) is 0 Å². The van der Waals surface area contributed by atoms with Gasteiger partial charge in [-0.25, -0.2) is 14.1 Å². The predicted octanol–water partition coefficient (Wildman–Crippen LogP) is 3.63. The molecule has 2 aromatic carbocycles. The van der Waals surface area contributed by atoms with Crippen molar-refractivity contribution >= 4 is 11.6 Å². The van der Waals surface area contributed by atoms with E-state index in [0.29, 0.717) is 0 Å². The average Bonchev–Trinajstić information content (AvgIpc) is 3.23. The van der Waals surface area contributed by atoms with Gasteiger partial charge in [0.1, 0.15) is 36.1 Å². The lowest BCUT2D eigenvalue weighted by atomic mass is 9.92. The van der Waals surface area contributed by atoms with Crippen LogP contribution >= 0.6 is 11.6 Å². The SMILES string of the molecule is Cc1nc(C2OC3COC(c4ccccc4)OC3C(N)C2O)n(-c2cc(Cl)c(F)cc2C(F)(F)F)n1. The molecule has 2 fully saturated rings. The second-order valence-corrected chi connectivity index (χ2v) is 8.96. The zero-order valence-corrected chi connectivity index (χ0v) is 19.4. The van der Waals surface area contributed by atoms with Crippen LogP contribution in [0.1, 0.15) is 35.2 Å². The summed E-state index contributed by atoms with van der Waals surface area (Å²) in [6.45, 7) is 1.50. The third-order valence-corrected chi connectivity index (χ3v) is 6.39. The van der Waals surface area contributed by atoms with Gasteiger partial charge in [0.25, 0.3) is 0 Å². The number of nitrogens with two attached hydrogens (primary N) is 1. The van der Waals surface area contributed by atoms with Crippen molar-refractivity contribution in [2.24, 2.45) is 5.73 Å². The number of fused-ring (bicyclic) bond motifs is 1. The van der Waals surface area contributed by atoms with Crippen LogP contribution in [0.4, 0.5) is 17.6 Å². The molecule has 8 nitrogen and oxygen atoms in total. The highest BCUT2D eigenvalue weighted by atomic mass is 35.5. The number of alkyl halides is 3. The Balaban J connectivity index is 1.49. The van der Waals surface area contributed by atoms with Crippen molar-refractivity contribution in [3.8, 4) is 5.69 Å². The van der Waals surface area contributed by atoms with Crippen LogP contribution in [-0.2, 0) is 20.4 Å². The largest absolute Gasteiger partial charge is 0.418 e. The van der Waals surface area contributed by atoms with Crippen LogP contribution in [0.25, 0.3) is 5.69 Å². The Morgan fingerprint density at radius 3 is 2.58 bits per heavy atom. The minimum atomic E-state index is -4.93. The van der Waals surface area contributed by atoms with Gasteiger partial charge in [0.2, 0.25) is 0 Å². The van der Waals surface area contributed by atoms with Crippen LogP contribution in [0.2, 0.25) is 5.02 Å². The van der Waals surface area contributed by atoms with Gasteiger partial charge in [-0.1, -0.05) is 41.9 Å². The van der Waals surface area contributed by atoms with Crippen molar-refractivity contribution in [1.82, 2.24) is 14.8 Å². The number of nitrogens with zero attached hydrogens (tertiary/aromatic N) is 3. The summed E-state index contributed by atoms with van der Waals surface area (Å²) < 4.78 is 73.8. The van der Waals surface area contributed by atoms with E-state index in [4.69, 9.17) is 31.5 Å². The first-order chi connectivity index (χ1) is 17.0. The normalized spacial score (nSPS) is 28.7. The molecular formula is C23H21ClF4N4O4. The lowest BCUT2D eigenvalue weighted by Crippen LogP contribution is -2.62. The highest BCUT2D eigenvalue weighted by molar-refractivity contribution is 6.30. The fourth-order valence-electron chi connectivity index (χ4n) is 4.40. The molecule has 13 heteroatoms. The first-order valence-electron chi connectivity index (χ1n) is 11.0. The summed E-state index contributed by atoms with van der Waals surface area (Å²) >= 11 is 5.80. The average molecular weight is 529 g/mol. The Morgan fingerprint density at radius 2 is 1.89 bits per heavy atom. The molecule has 0 amide bonds. The maximum atomic E-state index is 13.9. The zero-order chi connectivity index (χ0) is 25.8. The zero-order valence-electron chi connectivity index (χ0n) is 18.7. The minimum absolute atomic E-state index is 0.0461.